The number of rotatable bonds is 2. The molecular formula is C8H15F2N. The van der Waals surface area contributed by atoms with E-state index in [1.165, 1.54) is 0 Å². The third-order valence-electron chi connectivity index (χ3n) is 2.98. The van der Waals surface area contributed by atoms with E-state index in [-0.39, 0.29) is 7.85 Å². The van der Waals surface area contributed by atoms with Crippen LogP contribution >= 0.6 is 0 Å². The average Bonchev–Trinajstić information content (AvgIpc) is 2.34. The zero-order valence-corrected chi connectivity index (χ0v) is 6.66. The standard InChI is InChI=1S/C8H13F2N.H2/c1-2-11-6-3-7(4-6)5-8(7,9)10;/h6,11H,2-5H2,1H3;1H. The molecule has 11 heavy (non-hydrogen) atoms. The van der Waals surface area contributed by atoms with Crippen molar-refractivity contribution in [1.82, 2.24) is 5.32 Å². The smallest absolute Gasteiger partial charge is 0.254 e. The number of hydrogen-bond donors (Lipinski definition) is 1. The van der Waals surface area contributed by atoms with Crippen LogP contribution in [0, 0.1) is 5.41 Å². The lowest BCUT2D eigenvalue weighted by Gasteiger charge is -2.36. The summed E-state index contributed by atoms with van der Waals surface area (Å²) in [7, 11) is 0. The van der Waals surface area contributed by atoms with E-state index in [9.17, 15) is 8.78 Å². The molecule has 0 bridgehead atoms. The summed E-state index contributed by atoms with van der Waals surface area (Å²) >= 11 is 0. The van der Waals surface area contributed by atoms with Crippen molar-refractivity contribution < 1.29 is 10.2 Å². The lowest BCUT2D eigenvalue weighted by Crippen LogP contribution is -2.44. The molecule has 0 radical (unpaired) electrons. The highest BCUT2D eigenvalue weighted by Gasteiger charge is 2.75. The van der Waals surface area contributed by atoms with Crippen LogP contribution in [0.5, 0.6) is 0 Å². The van der Waals surface area contributed by atoms with Crippen molar-refractivity contribution in [3.05, 3.63) is 0 Å². The molecule has 2 saturated carbocycles. The SMILES string of the molecule is CCNC1CC2(C1)CC2(F)F.[HH]. The Kier molecular flexibility index (Phi) is 1.32. The summed E-state index contributed by atoms with van der Waals surface area (Å²) in [5.74, 6) is -2.32. The molecule has 1 nitrogen and oxygen atoms in total. The van der Waals surface area contributed by atoms with Crippen LogP contribution in [-0.4, -0.2) is 18.5 Å². The van der Waals surface area contributed by atoms with Crippen molar-refractivity contribution in [3.8, 4) is 0 Å². The molecule has 66 valence electrons. The highest BCUT2D eigenvalue weighted by atomic mass is 19.3. The van der Waals surface area contributed by atoms with Gasteiger partial charge in [0.15, 0.2) is 0 Å². The van der Waals surface area contributed by atoms with Gasteiger partial charge in [-0.2, -0.15) is 0 Å². The maximum absolute atomic E-state index is 12.6. The molecular weight excluding hydrogens is 148 g/mol. The van der Waals surface area contributed by atoms with Crippen LogP contribution in [0.1, 0.15) is 27.6 Å². The Morgan fingerprint density at radius 3 is 2.45 bits per heavy atom. The average molecular weight is 163 g/mol. The summed E-state index contributed by atoms with van der Waals surface area (Å²) in [6.45, 7) is 2.91. The predicted molar refractivity (Wildman–Crippen MR) is 40.8 cm³/mol. The van der Waals surface area contributed by atoms with Crippen molar-refractivity contribution in [2.75, 3.05) is 6.54 Å². The summed E-state index contributed by atoms with van der Waals surface area (Å²) in [5, 5.41) is 3.18. The lowest BCUT2D eigenvalue weighted by molar-refractivity contribution is 0.0145. The van der Waals surface area contributed by atoms with E-state index in [1.54, 1.807) is 0 Å². The van der Waals surface area contributed by atoms with Crippen molar-refractivity contribution in [2.45, 2.75) is 38.2 Å². The van der Waals surface area contributed by atoms with E-state index in [0.717, 1.165) is 6.54 Å². The third-order valence-corrected chi connectivity index (χ3v) is 2.98. The van der Waals surface area contributed by atoms with Crippen LogP contribution in [0.25, 0.3) is 0 Å². The fraction of sp³-hybridized carbons (Fsp3) is 1.00. The maximum Gasteiger partial charge on any atom is 0.254 e. The van der Waals surface area contributed by atoms with Gasteiger partial charge < -0.3 is 5.32 Å². The van der Waals surface area contributed by atoms with E-state index in [0.29, 0.717) is 18.9 Å². The predicted octanol–water partition coefficient (Wildman–Crippen LogP) is 2.03. The molecule has 2 aliphatic carbocycles. The molecule has 2 aliphatic rings. The molecule has 0 amide bonds. The Balaban J connectivity index is 0.000000720. The molecule has 3 heteroatoms. The Hall–Kier alpha value is -0.180. The van der Waals surface area contributed by atoms with Gasteiger partial charge in [-0.1, -0.05) is 6.92 Å². The molecule has 0 aromatic rings. The first kappa shape index (κ1) is 7.47. The largest absolute Gasteiger partial charge is 0.314 e. The number of halogens is 2. The molecule has 1 N–H and O–H groups in total. The summed E-state index contributed by atoms with van der Waals surface area (Å²) in [6.07, 6.45) is 1.52. The normalized spacial score (nSPS) is 45.5. The van der Waals surface area contributed by atoms with Gasteiger partial charge in [0, 0.05) is 19.3 Å². The topological polar surface area (TPSA) is 12.0 Å². The second-order valence-electron chi connectivity index (χ2n) is 3.82. The van der Waals surface area contributed by atoms with Crippen molar-refractivity contribution in [2.24, 2.45) is 5.41 Å². The van der Waals surface area contributed by atoms with Gasteiger partial charge in [0.1, 0.15) is 0 Å². The minimum absolute atomic E-state index is 0. The summed E-state index contributed by atoms with van der Waals surface area (Å²) in [6, 6.07) is 0.369. The fourth-order valence-electron chi connectivity index (χ4n) is 2.14. The van der Waals surface area contributed by atoms with E-state index < -0.39 is 11.3 Å². The van der Waals surface area contributed by atoms with Crippen LogP contribution in [-0.2, 0) is 0 Å². The number of nitrogens with one attached hydrogen (secondary N) is 1. The number of alkyl halides is 2. The molecule has 0 saturated heterocycles. The zero-order chi connectivity index (χ0) is 8.11. The van der Waals surface area contributed by atoms with Gasteiger partial charge in [-0.15, -0.1) is 0 Å². The first-order valence-corrected chi connectivity index (χ1v) is 4.21. The van der Waals surface area contributed by atoms with Crippen molar-refractivity contribution >= 4 is 0 Å². The van der Waals surface area contributed by atoms with E-state index in [1.807, 2.05) is 6.92 Å². The lowest BCUT2D eigenvalue weighted by atomic mass is 9.76. The molecule has 0 aromatic heterocycles. The summed E-state index contributed by atoms with van der Waals surface area (Å²) in [4.78, 5) is 0. The molecule has 0 atom stereocenters. The van der Waals surface area contributed by atoms with Gasteiger partial charge in [-0.3, -0.25) is 0 Å². The first-order valence-electron chi connectivity index (χ1n) is 4.21. The highest BCUT2D eigenvalue weighted by molar-refractivity contribution is 5.18. The maximum atomic E-state index is 12.6. The van der Waals surface area contributed by atoms with Gasteiger partial charge >= 0.3 is 0 Å². The van der Waals surface area contributed by atoms with E-state index in [4.69, 9.17) is 0 Å². The molecule has 2 fully saturated rings. The van der Waals surface area contributed by atoms with Gasteiger partial charge in [-0.25, -0.2) is 8.78 Å². The number of hydrogen-bond acceptors (Lipinski definition) is 1. The Labute approximate surface area is 66.6 Å². The van der Waals surface area contributed by atoms with E-state index >= 15 is 0 Å². The van der Waals surface area contributed by atoms with Gasteiger partial charge in [-0.05, 0) is 19.4 Å². The Morgan fingerprint density at radius 2 is 2.09 bits per heavy atom. The molecule has 0 heterocycles. The molecule has 1 spiro atoms. The second kappa shape index (κ2) is 1.94. The summed E-state index contributed by atoms with van der Waals surface area (Å²) < 4.78 is 25.2. The molecule has 2 rings (SSSR count). The van der Waals surface area contributed by atoms with Gasteiger partial charge in [0.2, 0.25) is 0 Å². The second-order valence-corrected chi connectivity index (χ2v) is 3.82. The Bertz CT molecular complexity index is 178. The van der Waals surface area contributed by atoms with Crippen LogP contribution in [0.2, 0.25) is 0 Å². The van der Waals surface area contributed by atoms with Crippen LogP contribution in [0.3, 0.4) is 0 Å². The van der Waals surface area contributed by atoms with Crippen LogP contribution in [0.15, 0.2) is 0 Å². The fourth-order valence-corrected chi connectivity index (χ4v) is 2.14. The zero-order valence-electron chi connectivity index (χ0n) is 6.66. The van der Waals surface area contributed by atoms with E-state index in [2.05, 4.69) is 5.32 Å². The molecule has 0 unspecified atom stereocenters. The quantitative estimate of drug-likeness (QED) is 0.656. The van der Waals surface area contributed by atoms with Gasteiger partial charge in [0.25, 0.3) is 5.92 Å². The minimum Gasteiger partial charge on any atom is -0.314 e. The Morgan fingerprint density at radius 1 is 1.55 bits per heavy atom. The minimum atomic E-state index is -2.32. The molecule has 0 aromatic carbocycles. The van der Waals surface area contributed by atoms with Crippen molar-refractivity contribution in [1.29, 1.82) is 0 Å². The van der Waals surface area contributed by atoms with Crippen LogP contribution in [0.4, 0.5) is 8.78 Å². The van der Waals surface area contributed by atoms with Crippen LogP contribution < -0.4 is 5.32 Å². The van der Waals surface area contributed by atoms with Gasteiger partial charge in [0.05, 0.1) is 0 Å². The first-order chi connectivity index (χ1) is 5.10. The monoisotopic (exact) mass is 163 g/mol. The third kappa shape index (κ3) is 0.901. The molecule has 0 aliphatic heterocycles. The summed E-state index contributed by atoms with van der Waals surface area (Å²) in [5.41, 5.74) is -0.556. The highest BCUT2D eigenvalue weighted by Crippen LogP contribution is 2.70. The van der Waals surface area contributed by atoms with Crippen molar-refractivity contribution in [3.63, 3.8) is 0 Å².